The average molecular weight is 262 g/mol. The molecule has 2 aromatic rings. The van der Waals surface area contributed by atoms with Gasteiger partial charge in [-0.15, -0.1) is 5.11 Å². The van der Waals surface area contributed by atoms with Crippen LogP contribution in [0.2, 0.25) is 0 Å². The van der Waals surface area contributed by atoms with E-state index in [1.807, 2.05) is 0 Å². The number of rotatable bonds is 3. The highest BCUT2D eigenvalue weighted by molar-refractivity contribution is 5.91. The Morgan fingerprint density at radius 2 is 2.05 bits per heavy atom. The molecule has 98 valence electrons. The molecule has 0 atom stereocenters. The molecule has 0 spiro atoms. The second-order valence-corrected chi connectivity index (χ2v) is 3.53. The monoisotopic (exact) mass is 262 g/mol. The number of aromatic amines is 2. The van der Waals surface area contributed by atoms with Crippen molar-refractivity contribution in [3.63, 3.8) is 0 Å². The van der Waals surface area contributed by atoms with Crippen LogP contribution in [0.4, 0.5) is 17.2 Å². The molecule has 9 nitrogen and oxygen atoms in total. The number of hydrogen-bond acceptors (Lipinski definition) is 6. The Hall–Kier alpha value is -3.10. The molecule has 0 saturated heterocycles. The molecule has 0 aliphatic carbocycles. The van der Waals surface area contributed by atoms with E-state index in [0.29, 0.717) is 0 Å². The van der Waals surface area contributed by atoms with Gasteiger partial charge in [0, 0.05) is 0 Å². The first kappa shape index (κ1) is 12.4. The number of aromatic carboxylic acids is 1. The molecule has 19 heavy (non-hydrogen) atoms. The molecule has 0 aliphatic heterocycles. The summed E-state index contributed by atoms with van der Waals surface area (Å²) in [6.45, 7) is 0. The number of aromatic nitrogens is 2. The van der Waals surface area contributed by atoms with Gasteiger partial charge in [0.2, 0.25) is 0 Å². The zero-order chi connectivity index (χ0) is 14.0. The van der Waals surface area contributed by atoms with Crippen LogP contribution in [0.5, 0.6) is 5.75 Å². The number of H-pyrrole nitrogens is 2. The zero-order valence-corrected chi connectivity index (χ0v) is 9.38. The molecule has 9 heteroatoms. The van der Waals surface area contributed by atoms with Gasteiger partial charge in [-0.3, -0.25) is 15.0 Å². The van der Waals surface area contributed by atoms with Crippen LogP contribution in [-0.4, -0.2) is 21.3 Å². The van der Waals surface area contributed by atoms with Crippen LogP contribution in [0.1, 0.15) is 10.4 Å². The van der Waals surface area contributed by atoms with Crippen molar-refractivity contribution in [2.45, 2.75) is 0 Å². The maximum absolute atomic E-state index is 11.2. The van der Waals surface area contributed by atoms with Crippen molar-refractivity contribution in [3.05, 3.63) is 34.1 Å². The fourth-order valence-corrected chi connectivity index (χ4v) is 1.32. The minimum absolute atomic E-state index is 0.00709. The maximum Gasteiger partial charge on any atom is 0.335 e. The minimum atomic E-state index is -1.36. The van der Waals surface area contributed by atoms with Gasteiger partial charge in [-0.05, 0) is 12.1 Å². The van der Waals surface area contributed by atoms with Crippen molar-refractivity contribution in [2.24, 2.45) is 10.2 Å². The van der Waals surface area contributed by atoms with Crippen molar-refractivity contribution >= 4 is 23.2 Å². The van der Waals surface area contributed by atoms with Gasteiger partial charge in [0.05, 0.1) is 11.3 Å². The van der Waals surface area contributed by atoms with Crippen molar-refractivity contribution in [1.82, 2.24) is 10.2 Å². The molecule has 0 amide bonds. The Morgan fingerprint density at radius 1 is 1.32 bits per heavy atom. The topological polar surface area (TPSA) is 160 Å². The third kappa shape index (κ3) is 2.44. The van der Waals surface area contributed by atoms with Crippen molar-refractivity contribution in [2.75, 3.05) is 5.73 Å². The Kier molecular flexibility index (Phi) is 3.02. The molecular weight excluding hydrogens is 254 g/mol. The third-order valence-electron chi connectivity index (χ3n) is 2.24. The van der Waals surface area contributed by atoms with E-state index in [4.69, 9.17) is 10.8 Å². The molecule has 1 aromatic carbocycles. The number of nitrogens with one attached hydrogen (secondary N) is 2. The number of azo groups is 1. The van der Waals surface area contributed by atoms with Crippen molar-refractivity contribution < 1.29 is 15.0 Å². The number of carbonyl (C=O) groups is 1. The predicted molar refractivity (Wildman–Crippen MR) is 62.8 cm³/mol. The van der Waals surface area contributed by atoms with Gasteiger partial charge in [-0.2, -0.15) is 5.11 Å². The molecule has 0 bridgehead atoms. The van der Waals surface area contributed by atoms with Gasteiger partial charge in [0.15, 0.2) is 5.69 Å². The van der Waals surface area contributed by atoms with Crippen LogP contribution in [0.3, 0.4) is 0 Å². The summed E-state index contributed by atoms with van der Waals surface area (Å²) >= 11 is 0. The smallest absolute Gasteiger partial charge is 0.335 e. The second kappa shape index (κ2) is 4.64. The van der Waals surface area contributed by atoms with E-state index in [9.17, 15) is 14.7 Å². The van der Waals surface area contributed by atoms with Crippen LogP contribution in [-0.2, 0) is 0 Å². The Morgan fingerprint density at radius 3 is 2.63 bits per heavy atom. The number of benzene rings is 1. The molecular formula is C10H8N5O4-. The summed E-state index contributed by atoms with van der Waals surface area (Å²) in [7, 11) is 0. The summed E-state index contributed by atoms with van der Waals surface area (Å²) in [6, 6.07) is 3.41. The fourth-order valence-electron chi connectivity index (χ4n) is 1.32. The van der Waals surface area contributed by atoms with E-state index in [-0.39, 0.29) is 17.2 Å². The summed E-state index contributed by atoms with van der Waals surface area (Å²) in [6.07, 6.45) is 0. The first-order chi connectivity index (χ1) is 8.99. The number of nitrogen functional groups attached to an aromatic ring is 1. The average Bonchev–Trinajstić information content (AvgIpc) is 2.68. The molecule has 0 unspecified atom stereocenters. The Balaban J connectivity index is 2.37. The van der Waals surface area contributed by atoms with E-state index < -0.39 is 22.8 Å². The molecule has 0 radical (unpaired) electrons. The zero-order valence-electron chi connectivity index (χ0n) is 9.38. The van der Waals surface area contributed by atoms with E-state index in [0.717, 1.165) is 12.1 Å². The number of carboxylic acid groups (broad SMARTS) is 1. The number of nitrogens with two attached hydrogens (primary N) is 1. The minimum Gasteiger partial charge on any atom is -0.872 e. The van der Waals surface area contributed by atoms with E-state index in [2.05, 4.69) is 20.4 Å². The van der Waals surface area contributed by atoms with Gasteiger partial charge in [0.1, 0.15) is 5.82 Å². The van der Waals surface area contributed by atoms with Crippen LogP contribution >= 0.6 is 0 Å². The van der Waals surface area contributed by atoms with Crippen LogP contribution in [0.25, 0.3) is 0 Å². The predicted octanol–water partition coefficient (Wildman–Crippen LogP) is 0.472. The normalized spacial score (nSPS) is 10.9. The lowest BCUT2D eigenvalue weighted by molar-refractivity contribution is -0.268. The Labute approximate surface area is 105 Å². The molecule has 5 N–H and O–H groups in total. The summed E-state index contributed by atoms with van der Waals surface area (Å²) in [5.41, 5.74) is 4.44. The first-order valence-electron chi connectivity index (χ1n) is 5.01. The van der Waals surface area contributed by atoms with Crippen LogP contribution in [0, 0.1) is 0 Å². The highest BCUT2D eigenvalue weighted by Gasteiger charge is 2.07. The van der Waals surface area contributed by atoms with E-state index in [1.165, 1.54) is 6.07 Å². The number of hydrogen-bond donors (Lipinski definition) is 4. The maximum atomic E-state index is 11.2. The lowest BCUT2D eigenvalue weighted by Crippen LogP contribution is -2.02. The number of carboxylic acids is 1. The fraction of sp³-hybridized carbons (Fsp3) is 0. The summed E-state index contributed by atoms with van der Waals surface area (Å²) < 4.78 is 0. The van der Waals surface area contributed by atoms with Gasteiger partial charge in [-0.25, -0.2) is 4.79 Å². The number of anilines is 1. The Bertz CT molecular complexity index is 715. The molecule has 1 aromatic heterocycles. The highest BCUT2D eigenvalue weighted by Crippen LogP contribution is 2.23. The van der Waals surface area contributed by atoms with Crippen molar-refractivity contribution in [1.29, 1.82) is 0 Å². The molecule has 0 saturated carbocycles. The lowest BCUT2D eigenvalue weighted by atomic mass is 10.2. The van der Waals surface area contributed by atoms with Crippen LogP contribution in [0.15, 0.2) is 33.2 Å². The molecule has 0 fully saturated rings. The molecule has 2 rings (SSSR count). The molecule has 1 heterocycles. The summed E-state index contributed by atoms with van der Waals surface area (Å²) in [5.74, 6) is -1.99. The van der Waals surface area contributed by atoms with Crippen LogP contribution < -0.4 is 16.4 Å². The second-order valence-electron chi connectivity index (χ2n) is 3.53. The summed E-state index contributed by atoms with van der Waals surface area (Å²) in [5, 5.41) is 31.8. The van der Waals surface area contributed by atoms with E-state index >= 15 is 0 Å². The quantitative estimate of drug-likeness (QED) is 0.590. The van der Waals surface area contributed by atoms with Gasteiger partial charge in [0.25, 0.3) is 5.56 Å². The summed E-state index contributed by atoms with van der Waals surface area (Å²) in [4.78, 5) is 22.0. The first-order valence-corrected chi connectivity index (χ1v) is 5.01. The number of nitrogens with zero attached hydrogens (tertiary/aromatic N) is 2. The third-order valence-corrected chi connectivity index (χ3v) is 2.24. The van der Waals surface area contributed by atoms with Gasteiger partial charge < -0.3 is 15.9 Å². The molecule has 0 aliphatic rings. The lowest BCUT2D eigenvalue weighted by Gasteiger charge is -2.09. The van der Waals surface area contributed by atoms with E-state index in [1.54, 1.807) is 0 Å². The largest absolute Gasteiger partial charge is 0.872 e. The van der Waals surface area contributed by atoms with Gasteiger partial charge >= 0.3 is 5.97 Å². The standard InChI is InChI=1S/C10H9N5O4/c11-8-7(9(17)15-14-8)13-12-4-1-2-6(16)5(3-4)10(18)19/h1-3,16H,(H,18,19)(H4,11,14,15,17)/p-1. The van der Waals surface area contributed by atoms with Crippen molar-refractivity contribution in [3.8, 4) is 5.75 Å². The SMILES string of the molecule is Nc1[nH][nH]c(=O)c1N=Nc1ccc([O-])c(C(=O)O)c1. The van der Waals surface area contributed by atoms with Gasteiger partial charge in [-0.1, -0.05) is 11.8 Å². The highest BCUT2D eigenvalue weighted by atomic mass is 16.4.